The first-order valence-corrected chi connectivity index (χ1v) is 8.50. The van der Waals surface area contributed by atoms with Crippen LogP contribution in [0, 0.1) is 6.92 Å². The molecule has 24 heavy (non-hydrogen) atoms. The Morgan fingerprint density at radius 3 is 2.12 bits per heavy atom. The van der Waals surface area contributed by atoms with E-state index in [9.17, 15) is 4.79 Å². The molecule has 2 saturated heterocycles. The van der Waals surface area contributed by atoms with Crippen LogP contribution in [-0.4, -0.2) is 47.9 Å². The number of nitrogens with zero attached hydrogens (tertiary/aromatic N) is 2. The Kier molecular flexibility index (Phi) is 8.51. The smallest absolute Gasteiger partial charge is 0.244 e. The zero-order valence-corrected chi connectivity index (χ0v) is 16.0. The number of hydrogen-bond acceptors (Lipinski definition) is 3. The summed E-state index contributed by atoms with van der Waals surface area (Å²) in [5.41, 5.74) is 8.28. The van der Waals surface area contributed by atoms with Gasteiger partial charge in [-0.05, 0) is 51.3 Å². The van der Waals surface area contributed by atoms with Crippen molar-refractivity contribution in [1.82, 2.24) is 9.80 Å². The lowest BCUT2D eigenvalue weighted by atomic mass is 10.0. The summed E-state index contributed by atoms with van der Waals surface area (Å²) in [6, 6.07) is 8.11. The number of likely N-dealkylation sites (tertiary alicyclic amines) is 2. The summed E-state index contributed by atoms with van der Waals surface area (Å²) in [7, 11) is 0. The van der Waals surface area contributed by atoms with E-state index in [-0.39, 0.29) is 30.7 Å². The molecule has 6 heteroatoms. The van der Waals surface area contributed by atoms with E-state index in [2.05, 4.69) is 4.90 Å². The van der Waals surface area contributed by atoms with Gasteiger partial charge in [0.25, 0.3) is 0 Å². The molecule has 0 saturated carbocycles. The van der Waals surface area contributed by atoms with Gasteiger partial charge in [0.1, 0.15) is 6.04 Å². The summed E-state index contributed by atoms with van der Waals surface area (Å²) in [6.07, 6.45) is 4.84. The fraction of sp³-hybridized carbons (Fsp3) is 0.611. The second-order valence-corrected chi connectivity index (χ2v) is 6.69. The fourth-order valence-corrected chi connectivity index (χ4v) is 3.67. The summed E-state index contributed by atoms with van der Waals surface area (Å²) >= 11 is 0. The molecule has 3 rings (SSSR count). The molecule has 0 spiro atoms. The van der Waals surface area contributed by atoms with Gasteiger partial charge in [0, 0.05) is 19.1 Å². The molecule has 0 radical (unpaired) electrons. The Morgan fingerprint density at radius 2 is 1.58 bits per heavy atom. The van der Waals surface area contributed by atoms with E-state index >= 15 is 0 Å². The minimum atomic E-state index is -0.524. The van der Waals surface area contributed by atoms with Crippen LogP contribution >= 0.6 is 24.8 Å². The van der Waals surface area contributed by atoms with Crippen LogP contribution in [0.15, 0.2) is 24.3 Å². The van der Waals surface area contributed by atoms with E-state index < -0.39 is 6.04 Å². The number of nitrogens with two attached hydrogens (primary N) is 1. The minimum Gasteiger partial charge on any atom is -0.341 e. The quantitative estimate of drug-likeness (QED) is 0.885. The van der Waals surface area contributed by atoms with Crippen molar-refractivity contribution in [2.75, 3.05) is 26.2 Å². The molecule has 1 amide bonds. The molecule has 1 atom stereocenters. The molecule has 1 aromatic carbocycles. The molecule has 2 aliphatic rings. The average Bonchev–Trinajstić information content (AvgIpc) is 3.09. The van der Waals surface area contributed by atoms with Gasteiger partial charge in [-0.3, -0.25) is 4.79 Å². The summed E-state index contributed by atoms with van der Waals surface area (Å²) in [4.78, 5) is 17.2. The van der Waals surface area contributed by atoms with Crippen molar-refractivity contribution in [3.05, 3.63) is 35.4 Å². The van der Waals surface area contributed by atoms with Gasteiger partial charge in [0.15, 0.2) is 0 Å². The van der Waals surface area contributed by atoms with Crippen LogP contribution < -0.4 is 5.73 Å². The molecule has 1 unspecified atom stereocenters. The molecule has 0 aromatic heterocycles. The predicted octanol–water partition coefficient (Wildman–Crippen LogP) is 2.93. The Balaban J connectivity index is 0.00000144. The number of amides is 1. The van der Waals surface area contributed by atoms with Crippen LogP contribution in [0.1, 0.15) is 42.9 Å². The molecule has 136 valence electrons. The van der Waals surface area contributed by atoms with Crippen LogP contribution in [0.5, 0.6) is 0 Å². The minimum absolute atomic E-state index is 0. The average molecular weight is 374 g/mol. The monoisotopic (exact) mass is 373 g/mol. The van der Waals surface area contributed by atoms with Gasteiger partial charge in [-0.2, -0.15) is 0 Å². The van der Waals surface area contributed by atoms with Crippen LogP contribution in [0.3, 0.4) is 0 Å². The normalized spacial score (nSPS) is 20.2. The highest BCUT2D eigenvalue weighted by Crippen LogP contribution is 2.23. The summed E-state index contributed by atoms with van der Waals surface area (Å²) in [6.45, 7) is 6.21. The van der Waals surface area contributed by atoms with Gasteiger partial charge in [0.05, 0.1) is 0 Å². The van der Waals surface area contributed by atoms with Gasteiger partial charge in [-0.15, -0.1) is 24.8 Å². The first kappa shape index (κ1) is 21.2. The number of piperidine rings is 1. The maximum absolute atomic E-state index is 12.6. The summed E-state index contributed by atoms with van der Waals surface area (Å²) < 4.78 is 0. The standard InChI is InChI=1S/C18H27N3O.2ClH/c1-14-4-6-15(7-5-14)17(19)18(22)21-12-8-16(9-13-21)20-10-2-3-11-20;;/h4-7,16-17H,2-3,8-13,19H2,1H3;2*1H. The van der Waals surface area contributed by atoms with E-state index in [1.165, 1.54) is 31.5 Å². The van der Waals surface area contributed by atoms with Gasteiger partial charge < -0.3 is 15.5 Å². The van der Waals surface area contributed by atoms with E-state index in [0.717, 1.165) is 31.5 Å². The second-order valence-electron chi connectivity index (χ2n) is 6.69. The molecular weight excluding hydrogens is 345 g/mol. The third-order valence-corrected chi connectivity index (χ3v) is 5.14. The summed E-state index contributed by atoms with van der Waals surface area (Å²) in [5, 5.41) is 0. The van der Waals surface area contributed by atoms with Crippen molar-refractivity contribution < 1.29 is 4.79 Å². The molecule has 2 N–H and O–H groups in total. The lowest BCUT2D eigenvalue weighted by molar-refractivity contribution is -0.134. The van der Waals surface area contributed by atoms with E-state index in [4.69, 9.17) is 5.73 Å². The van der Waals surface area contributed by atoms with Crippen molar-refractivity contribution in [2.24, 2.45) is 5.73 Å². The van der Waals surface area contributed by atoms with Gasteiger partial charge in [-0.25, -0.2) is 0 Å². The van der Waals surface area contributed by atoms with Crippen LogP contribution in [0.2, 0.25) is 0 Å². The first-order valence-electron chi connectivity index (χ1n) is 8.50. The van der Waals surface area contributed by atoms with E-state index in [1.807, 2.05) is 36.1 Å². The number of rotatable bonds is 3. The van der Waals surface area contributed by atoms with Crippen molar-refractivity contribution in [2.45, 2.75) is 44.7 Å². The number of carbonyl (C=O) groups excluding carboxylic acids is 1. The van der Waals surface area contributed by atoms with E-state index in [1.54, 1.807) is 0 Å². The molecular formula is C18H29Cl2N3O. The van der Waals surface area contributed by atoms with Crippen LogP contribution in [-0.2, 0) is 4.79 Å². The molecule has 2 heterocycles. The van der Waals surface area contributed by atoms with Crippen molar-refractivity contribution >= 4 is 30.7 Å². The van der Waals surface area contributed by atoms with Crippen LogP contribution in [0.25, 0.3) is 0 Å². The Bertz CT molecular complexity index is 510. The first-order chi connectivity index (χ1) is 10.6. The maximum Gasteiger partial charge on any atom is 0.244 e. The zero-order valence-electron chi connectivity index (χ0n) is 14.3. The number of benzene rings is 1. The highest BCUT2D eigenvalue weighted by molar-refractivity contribution is 5.85. The fourth-order valence-electron chi connectivity index (χ4n) is 3.67. The molecule has 1 aromatic rings. The Morgan fingerprint density at radius 1 is 1.04 bits per heavy atom. The van der Waals surface area contributed by atoms with Crippen molar-refractivity contribution in [1.29, 1.82) is 0 Å². The Hall–Kier alpha value is -0.810. The SMILES string of the molecule is Cc1ccc(C(N)C(=O)N2CCC(N3CCCC3)CC2)cc1.Cl.Cl. The lowest BCUT2D eigenvalue weighted by Gasteiger charge is -2.37. The predicted molar refractivity (Wildman–Crippen MR) is 103 cm³/mol. The lowest BCUT2D eigenvalue weighted by Crippen LogP contribution is -2.48. The largest absolute Gasteiger partial charge is 0.341 e. The number of carbonyl (C=O) groups is 1. The van der Waals surface area contributed by atoms with Gasteiger partial charge >= 0.3 is 0 Å². The van der Waals surface area contributed by atoms with E-state index in [0.29, 0.717) is 6.04 Å². The Labute approximate surface area is 157 Å². The molecule has 2 fully saturated rings. The number of hydrogen-bond donors (Lipinski definition) is 1. The summed E-state index contributed by atoms with van der Waals surface area (Å²) in [5.74, 6) is 0.0729. The molecule has 0 bridgehead atoms. The zero-order chi connectivity index (χ0) is 15.5. The number of halogens is 2. The third kappa shape index (κ3) is 4.85. The highest BCUT2D eigenvalue weighted by atomic mass is 35.5. The molecule has 4 nitrogen and oxygen atoms in total. The molecule has 2 aliphatic heterocycles. The highest BCUT2D eigenvalue weighted by Gasteiger charge is 2.30. The third-order valence-electron chi connectivity index (χ3n) is 5.14. The van der Waals surface area contributed by atoms with Crippen LogP contribution in [0.4, 0.5) is 0 Å². The van der Waals surface area contributed by atoms with Crippen molar-refractivity contribution in [3.63, 3.8) is 0 Å². The maximum atomic E-state index is 12.6. The van der Waals surface area contributed by atoms with Gasteiger partial charge in [-0.1, -0.05) is 29.8 Å². The second kappa shape index (κ2) is 9.62. The van der Waals surface area contributed by atoms with Gasteiger partial charge in [0.2, 0.25) is 5.91 Å². The topological polar surface area (TPSA) is 49.6 Å². The molecule has 0 aliphatic carbocycles. The number of aryl methyl sites for hydroxylation is 1. The van der Waals surface area contributed by atoms with Crippen molar-refractivity contribution in [3.8, 4) is 0 Å².